The van der Waals surface area contributed by atoms with E-state index in [1.54, 1.807) is 23.5 Å². The molecule has 2 nitrogen and oxygen atoms in total. The van der Waals surface area contributed by atoms with Gasteiger partial charge in [0.2, 0.25) is 0 Å². The first-order valence-electron chi connectivity index (χ1n) is 5.32. The summed E-state index contributed by atoms with van der Waals surface area (Å²) in [6.07, 6.45) is 0. The van der Waals surface area contributed by atoms with Gasteiger partial charge in [0.05, 0.1) is 19.1 Å². The molecule has 1 unspecified atom stereocenters. The molecular weight excluding hydrogens is 239 g/mol. The molecule has 1 atom stereocenters. The SMILES string of the molecule is OCC(COc1ccc(F)cc1)c1cccs1. The molecule has 0 saturated heterocycles. The van der Waals surface area contributed by atoms with E-state index in [0.717, 1.165) is 4.88 Å². The van der Waals surface area contributed by atoms with Gasteiger partial charge in [-0.05, 0) is 35.7 Å². The second kappa shape index (κ2) is 5.80. The molecule has 1 N–H and O–H groups in total. The van der Waals surface area contributed by atoms with E-state index in [9.17, 15) is 9.50 Å². The minimum atomic E-state index is -0.283. The fourth-order valence-corrected chi connectivity index (χ4v) is 2.28. The van der Waals surface area contributed by atoms with Gasteiger partial charge >= 0.3 is 0 Å². The Hall–Kier alpha value is -1.39. The Morgan fingerprint density at radius 2 is 2.00 bits per heavy atom. The Bertz CT molecular complexity index is 439. The van der Waals surface area contributed by atoms with Crippen LogP contribution in [0.5, 0.6) is 5.75 Å². The van der Waals surface area contributed by atoms with Gasteiger partial charge < -0.3 is 9.84 Å². The van der Waals surface area contributed by atoms with Crippen LogP contribution in [-0.4, -0.2) is 18.3 Å². The van der Waals surface area contributed by atoms with Gasteiger partial charge in [0.15, 0.2) is 0 Å². The highest BCUT2D eigenvalue weighted by atomic mass is 32.1. The first-order chi connectivity index (χ1) is 8.29. The van der Waals surface area contributed by atoms with Crippen molar-refractivity contribution in [2.24, 2.45) is 0 Å². The first-order valence-corrected chi connectivity index (χ1v) is 6.20. The van der Waals surface area contributed by atoms with Gasteiger partial charge in [-0.1, -0.05) is 6.07 Å². The second-order valence-corrected chi connectivity index (χ2v) is 4.64. The lowest BCUT2D eigenvalue weighted by atomic mass is 10.1. The number of aliphatic hydroxyl groups is 1. The lowest BCUT2D eigenvalue weighted by Gasteiger charge is -2.13. The molecule has 1 aromatic carbocycles. The zero-order valence-corrected chi connectivity index (χ0v) is 9.99. The third kappa shape index (κ3) is 3.28. The molecule has 0 aliphatic rings. The van der Waals surface area contributed by atoms with Gasteiger partial charge in [0.25, 0.3) is 0 Å². The van der Waals surface area contributed by atoms with Crippen molar-refractivity contribution in [3.8, 4) is 5.75 Å². The number of halogens is 1. The molecular formula is C13H13FO2S. The maximum Gasteiger partial charge on any atom is 0.123 e. The van der Waals surface area contributed by atoms with Crippen LogP contribution in [-0.2, 0) is 0 Å². The molecule has 0 saturated carbocycles. The summed E-state index contributed by atoms with van der Waals surface area (Å²) in [7, 11) is 0. The Morgan fingerprint density at radius 3 is 2.59 bits per heavy atom. The van der Waals surface area contributed by atoms with Crippen molar-refractivity contribution in [3.05, 3.63) is 52.5 Å². The van der Waals surface area contributed by atoms with Crippen molar-refractivity contribution in [1.82, 2.24) is 0 Å². The fraction of sp³-hybridized carbons (Fsp3) is 0.231. The molecule has 2 rings (SSSR count). The maximum atomic E-state index is 12.7. The van der Waals surface area contributed by atoms with Crippen molar-refractivity contribution in [2.75, 3.05) is 13.2 Å². The lowest BCUT2D eigenvalue weighted by molar-refractivity contribution is 0.206. The van der Waals surface area contributed by atoms with Crippen LogP contribution in [0.2, 0.25) is 0 Å². The monoisotopic (exact) mass is 252 g/mol. The van der Waals surface area contributed by atoms with Gasteiger partial charge in [-0.3, -0.25) is 0 Å². The summed E-state index contributed by atoms with van der Waals surface area (Å²) in [5, 5.41) is 11.3. The minimum absolute atomic E-state index is 0.0277. The Labute approximate surface area is 103 Å². The van der Waals surface area contributed by atoms with Crippen molar-refractivity contribution in [3.63, 3.8) is 0 Å². The fourth-order valence-electron chi connectivity index (χ4n) is 1.48. The normalized spacial score (nSPS) is 12.4. The van der Waals surface area contributed by atoms with Crippen molar-refractivity contribution < 1.29 is 14.2 Å². The van der Waals surface area contributed by atoms with Crippen LogP contribution in [0.1, 0.15) is 10.8 Å². The van der Waals surface area contributed by atoms with E-state index in [1.807, 2.05) is 17.5 Å². The summed E-state index contributed by atoms with van der Waals surface area (Å²) in [4.78, 5) is 1.09. The number of ether oxygens (including phenoxy) is 1. The van der Waals surface area contributed by atoms with Crippen molar-refractivity contribution >= 4 is 11.3 Å². The molecule has 0 radical (unpaired) electrons. The molecule has 1 aromatic heterocycles. The molecule has 2 aromatic rings. The third-order valence-electron chi connectivity index (χ3n) is 2.43. The topological polar surface area (TPSA) is 29.5 Å². The number of thiophene rings is 1. The number of aliphatic hydroxyl groups excluding tert-OH is 1. The van der Waals surface area contributed by atoms with Crippen molar-refractivity contribution in [1.29, 1.82) is 0 Å². The van der Waals surface area contributed by atoms with Crippen molar-refractivity contribution in [2.45, 2.75) is 5.92 Å². The summed E-state index contributed by atoms with van der Waals surface area (Å²) in [5.74, 6) is 0.302. The largest absolute Gasteiger partial charge is 0.493 e. The minimum Gasteiger partial charge on any atom is -0.493 e. The molecule has 0 spiro atoms. The molecule has 17 heavy (non-hydrogen) atoms. The zero-order chi connectivity index (χ0) is 12.1. The Morgan fingerprint density at radius 1 is 1.24 bits per heavy atom. The summed E-state index contributed by atoms with van der Waals surface area (Å²) >= 11 is 1.59. The highest BCUT2D eigenvalue weighted by Crippen LogP contribution is 2.22. The van der Waals surface area contributed by atoms with E-state index in [0.29, 0.717) is 12.4 Å². The summed E-state index contributed by atoms with van der Waals surface area (Å²) in [5.41, 5.74) is 0. The van der Waals surface area contributed by atoms with Crippen LogP contribution >= 0.6 is 11.3 Å². The van der Waals surface area contributed by atoms with Gasteiger partial charge in [0.1, 0.15) is 11.6 Å². The molecule has 0 bridgehead atoms. The molecule has 0 fully saturated rings. The maximum absolute atomic E-state index is 12.7. The standard InChI is InChI=1S/C13H13FO2S/c14-11-3-5-12(6-4-11)16-9-10(8-15)13-2-1-7-17-13/h1-7,10,15H,8-9H2. The van der Waals surface area contributed by atoms with E-state index in [1.165, 1.54) is 12.1 Å². The average molecular weight is 252 g/mol. The van der Waals surface area contributed by atoms with Crippen LogP contribution < -0.4 is 4.74 Å². The molecule has 0 aliphatic carbocycles. The molecule has 1 heterocycles. The summed E-state index contributed by atoms with van der Waals surface area (Å²) in [6.45, 7) is 0.435. The molecule has 0 aliphatic heterocycles. The predicted octanol–water partition coefficient (Wildman–Crippen LogP) is 3.04. The second-order valence-electron chi connectivity index (χ2n) is 3.66. The summed E-state index contributed by atoms with van der Waals surface area (Å²) in [6, 6.07) is 9.79. The molecule has 4 heteroatoms. The smallest absolute Gasteiger partial charge is 0.123 e. The van der Waals surface area contributed by atoms with Gasteiger partial charge in [-0.25, -0.2) is 4.39 Å². The highest BCUT2D eigenvalue weighted by Gasteiger charge is 2.12. The Balaban J connectivity index is 1.94. The molecule has 90 valence electrons. The number of benzene rings is 1. The zero-order valence-electron chi connectivity index (χ0n) is 9.17. The van der Waals surface area contributed by atoms with Gasteiger partial charge in [0, 0.05) is 4.88 Å². The number of hydrogen-bond donors (Lipinski definition) is 1. The van der Waals surface area contributed by atoms with Crippen LogP contribution in [0.25, 0.3) is 0 Å². The lowest BCUT2D eigenvalue weighted by Crippen LogP contribution is -2.12. The van der Waals surface area contributed by atoms with E-state index < -0.39 is 0 Å². The van der Waals surface area contributed by atoms with Gasteiger partial charge in [-0.15, -0.1) is 11.3 Å². The Kier molecular flexibility index (Phi) is 4.12. The average Bonchev–Trinajstić information content (AvgIpc) is 2.86. The highest BCUT2D eigenvalue weighted by molar-refractivity contribution is 7.10. The van der Waals surface area contributed by atoms with Crippen LogP contribution in [0, 0.1) is 5.82 Å². The molecule has 0 amide bonds. The number of rotatable bonds is 5. The third-order valence-corrected chi connectivity index (χ3v) is 3.47. The van der Waals surface area contributed by atoms with E-state index in [4.69, 9.17) is 4.74 Å². The van der Waals surface area contributed by atoms with Crippen LogP contribution in [0.3, 0.4) is 0 Å². The van der Waals surface area contributed by atoms with E-state index in [2.05, 4.69) is 0 Å². The van der Waals surface area contributed by atoms with Crippen LogP contribution in [0.4, 0.5) is 4.39 Å². The van der Waals surface area contributed by atoms with E-state index in [-0.39, 0.29) is 18.3 Å². The van der Waals surface area contributed by atoms with Gasteiger partial charge in [-0.2, -0.15) is 0 Å². The quantitative estimate of drug-likeness (QED) is 0.886. The van der Waals surface area contributed by atoms with Crippen LogP contribution in [0.15, 0.2) is 41.8 Å². The van der Waals surface area contributed by atoms with E-state index >= 15 is 0 Å². The number of hydrogen-bond acceptors (Lipinski definition) is 3. The predicted molar refractivity (Wildman–Crippen MR) is 66.0 cm³/mol. The first kappa shape index (κ1) is 12.1. The summed E-state index contributed by atoms with van der Waals surface area (Å²) < 4.78 is 18.2.